The normalized spacial score (nSPS) is 11.3. The first-order valence-corrected chi connectivity index (χ1v) is 11.2. The lowest BCUT2D eigenvalue weighted by atomic mass is 10.00. The Labute approximate surface area is 210 Å². The molecule has 11 heteroatoms. The number of benzene rings is 2. The van der Waals surface area contributed by atoms with Crippen LogP contribution in [0.5, 0.6) is 0 Å². The molecule has 0 atom stereocenters. The van der Waals surface area contributed by atoms with Gasteiger partial charge < -0.3 is 10.6 Å². The highest BCUT2D eigenvalue weighted by Crippen LogP contribution is 2.34. The van der Waals surface area contributed by atoms with Crippen molar-refractivity contribution >= 4 is 17.5 Å². The van der Waals surface area contributed by atoms with Crippen LogP contribution in [-0.2, 0) is 24.6 Å². The van der Waals surface area contributed by atoms with Gasteiger partial charge in [0, 0.05) is 43.4 Å². The lowest BCUT2D eigenvalue weighted by molar-refractivity contribution is -0.137. The Hall–Kier alpha value is -4.54. The first kappa shape index (κ1) is 25.5. The average molecular weight is 509 g/mol. The number of carbonyl (C=O) groups excluding carboxylic acids is 2. The van der Waals surface area contributed by atoms with Crippen molar-refractivity contribution < 1.29 is 22.8 Å². The standard InChI is InChI=1S/C26H23F3N6O2/c1-15-30-14-23(24(32-15)18-6-4-5-17(11-18)13-31-16(2)36)33-25(37)20-8-7-19(26(27,28)29)12-21(20)22-9-10-35(3)34-22/h4-12,14H,13H2,1-3H3,(H,31,36)(H,33,37). The third-order valence-electron chi connectivity index (χ3n) is 5.48. The number of aryl methyl sites for hydroxylation is 2. The number of aromatic nitrogens is 4. The van der Waals surface area contributed by atoms with E-state index in [1.165, 1.54) is 23.9 Å². The predicted molar refractivity (Wildman–Crippen MR) is 131 cm³/mol. The summed E-state index contributed by atoms with van der Waals surface area (Å²) >= 11 is 0. The van der Waals surface area contributed by atoms with Crippen molar-refractivity contribution in [2.75, 3.05) is 5.32 Å². The van der Waals surface area contributed by atoms with Crippen LogP contribution >= 0.6 is 0 Å². The number of carbonyl (C=O) groups is 2. The molecule has 0 unspecified atom stereocenters. The SMILES string of the molecule is CC(=O)NCc1cccc(-c2nc(C)ncc2NC(=O)c2ccc(C(F)(F)F)cc2-c2ccn(C)n2)c1. The minimum atomic E-state index is -4.58. The highest BCUT2D eigenvalue weighted by molar-refractivity contribution is 6.09. The summed E-state index contributed by atoms with van der Waals surface area (Å²) in [5.74, 6) is -0.349. The number of halogens is 3. The number of anilines is 1. The number of hydrogen-bond acceptors (Lipinski definition) is 5. The lowest BCUT2D eigenvalue weighted by Gasteiger charge is -2.15. The number of rotatable bonds is 6. The largest absolute Gasteiger partial charge is 0.416 e. The van der Waals surface area contributed by atoms with Crippen molar-refractivity contribution in [3.8, 4) is 22.5 Å². The van der Waals surface area contributed by atoms with Crippen LogP contribution < -0.4 is 10.6 Å². The van der Waals surface area contributed by atoms with Crippen LogP contribution in [0.4, 0.5) is 18.9 Å². The third kappa shape index (κ3) is 6.00. The second-order valence-corrected chi connectivity index (χ2v) is 8.38. The fourth-order valence-electron chi connectivity index (χ4n) is 3.72. The van der Waals surface area contributed by atoms with Crippen LogP contribution in [0.15, 0.2) is 60.9 Å². The quantitative estimate of drug-likeness (QED) is 0.391. The Morgan fingerprint density at radius 3 is 2.54 bits per heavy atom. The van der Waals surface area contributed by atoms with E-state index in [2.05, 4.69) is 25.7 Å². The molecule has 0 aliphatic carbocycles. The highest BCUT2D eigenvalue weighted by Gasteiger charge is 2.32. The molecule has 8 nitrogen and oxygen atoms in total. The molecule has 2 N–H and O–H groups in total. The zero-order valence-electron chi connectivity index (χ0n) is 20.2. The molecule has 2 aromatic heterocycles. The first-order chi connectivity index (χ1) is 17.5. The van der Waals surface area contributed by atoms with Gasteiger partial charge in [-0.05, 0) is 42.8 Å². The van der Waals surface area contributed by atoms with Crippen LogP contribution in [-0.4, -0.2) is 31.6 Å². The molecule has 2 amide bonds. The molecular weight excluding hydrogens is 485 g/mol. The van der Waals surface area contributed by atoms with E-state index in [0.29, 0.717) is 23.6 Å². The van der Waals surface area contributed by atoms with E-state index in [0.717, 1.165) is 23.8 Å². The maximum Gasteiger partial charge on any atom is 0.416 e. The number of nitrogens with zero attached hydrogens (tertiary/aromatic N) is 4. The average Bonchev–Trinajstić information content (AvgIpc) is 3.29. The number of amides is 2. The van der Waals surface area contributed by atoms with Gasteiger partial charge >= 0.3 is 6.18 Å². The molecule has 0 fully saturated rings. The summed E-state index contributed by atoms with van der Waals surface area (Å²) in [4.78, 5) is 33.3. The molecular formula is C26H23F3N6O2. The fourth-order valence-corrected chi connectivity index (χ4v) is 3.72. The Kier molecular flexibility index (Phi) is 7.05. The maximum atomic E-state index is 13.4. The topological polar surface area (TPSA) is 102 Å². The van der Waals surface area contributed by atoms with Gasteiger partial charge in [0.25, 0.3) is 5.91 Å². The van der Waals surface area contributed by atoms with Crippen molar-refractivity contribution in [2.24, 2.45) is 7.05 Å². The minimum Gasteiger partial charge on any atom is -0.352 e. The monoisotopic (exact) mass is 508 g/mol. The molecule has 0 saturated heterocycles. The molecule has 4 rings (SSSR count). The number of nitrogens with one attached hydrogen (secondary N) is 2. The maximum absolute atomic E-state index is 13.4. The van der Waals surface area contributed by atoms with Crippen LogP contribution in [0.1, 0.15) is 34.2 Å². The van der Waals surface area contributed by atoms with E-state index in [1.807, 2.05) is 12.1 Å². The van der Waals surface area contributed by atoms with Crippen molar-refractivity contribution in [1.29, 1.82) is 0 Å². The molecule has 37 heavy (non-hydrogen) atoms. The lowest BCUT2D eigenvalue weighted by Crippen LogP contribution is -2.18. The number of alkyl halides is 3. The molecule has 2 heterocycles. The van der Waals surface area contributed by atoms with E-state index < -0.39 is 17.6 Å². The van der Waals surface area contributed by atoms with Crippen molar-refractivity contribution in [3.63, 3.8) is 0 Å². The van der Waals surface area contributed by atoms with Gasteiger partial charge in [0.15, 0.2) is 0 Å². The Morgan fingerprint density at radius 1 is 1.08 bits per heavy atom. The molecule has 0 aliphatic rings. The summed E-state index contributed by atoms with van der Waals surface area (Å²) in [6.45, 7) is 3.44. The third-order valence-corrected chi connectivity index (χ3v) is 5.48. The van der Waals surface area contributed by atoms with E-state index in [4.69, 9.17) is 0 Å². The zero-order chi connectivity index (χ0) is 26.7. The Morgan fingerprint density at radius 2 is 1.86 bits per heavy atom. The van der Waals surface area contributed by atoms with Gasteiger partial charge in [-0.25, -0.2) is 9.97 Å². The van der Waals surface area contributed by atoms with E-state index in [9.17, 15) is 22.8 Å². The van der Waals surface area contributed by atoms with E-state index in [1.54, 1.807) is 32.3 Å². The van der Waals surface area contributed by atoms with E-state index in [-0.39, 0.29) is 28.4 Å². The van der Waals surface area contributed by atoms with Crippen molar-refractivity contribution in [1.82, 2.24) is 25.1 Å². The van der Waals surface area contributed by atoms with Crippen LogP contribution in [0.2, 0.25) is 0 Å². The molecule has 0 bridgehead atoms. The summed E-state index contributed by atoms with van der Waals surface area (Å²) in [6, 6.07) is 11.7. The van der Waals surface area contributed by atoms with Crippen LogP contribution in [0.3, 0.4) is 0 Å². The number of hydrogen-bond donors (Lipinski definition) is 2. The molecule has 0 aliphatic heterocycles. The molecule has 0 radical (unpaired) electrons. The molecule has 2 aromatic carbocycles. The Balaban J connectivity index is 1.72. The highest BCUT2D eigenvalue weighted by atomic mass is 19.4. The van der Waals surface area contributed by atoms with E-state index >= 15 is 0 Å². The summed E-state index contributed by atoms with van der Waals surface area (Å²) in [5, 5.41) is 9.66. The van der Waals surface area contributed by atoms with Gasteiger partial charge in [0.2, 0.25) is 5.91 Å². The molecule has 190 valence electrons. The Bertz CT molecular complexity index is 1480. The van der Waals surface area contributed by atoms with Crippen molar-refractivity contribution in [3.05, 3.63) is 83.4 Å². The van der Waals surface area contributed by atoms with Gasteiger partial charge in [0.05, 0.1) is 28.8 Å². The van der Waals surface area contributed by atoms with Gasteiger partial charge in [-0.3, -0.25) is 14.3 Å². The second-order valence-electron chi connectivity index (χ2n) is 8.38. The summed E-state index contributed by atoms with van der Waals surface area (Å²) < 4.78 is 41.7. The first-order valence-electron chi connectivity index (χ1n) is 11.2. The predicted octanol–water partition coefficient (Wildman–Crippen LogP) is 4.76. The summed E-state index contributed by atoms with van der Waals surface area (Å²) in [5.41, 5.74) is 1.58. The van der Waals surface area contributed by atoms with Crippen LogP contribution in [0, 0.1) is 6.92 Å². The van der Waals surface area contributed by atoms with Gasteiger partial charge in [-0.15, -0.1) is 0 Å². The minimum absolute atomic E-state index is 0.0117. The fraction of sp³-hybridized carbons (Fsp3) is 0.192. The van der Waals surface area contributed by atoms with Crippen LogP contribution in [0.25, 0.3) is 22.5 Å². The molecule has 0 spiro atoms. The zero-order valence-corrected chi connectivity index (χ0v) is 20.2. The summed E-state index contributed by atoms with van der Waals surface area (Å²) in [6.07, 6.45) is -1.56. The van der Waals surface area contributed by atoms with Gasteiger partial charge in [-0.2, -0.15) is 18.3 Å². The van der Waals surface area contributed by atoms with Crippen molar-refractivity contribution in [2.45, 2.75) is 26.6 Å². The summed E-state index contributed by atoms with van der Waals surface area (Å²) in [7, 11) is 1.63. The molecule has 4 aromatic rings. The second kappa shape index (κ2) is 10.2. The molecule has 0 saturated carbocycles. The smallest absolute Gasteiger partial charge is 0.352 e. The van der Waals surface area contributed by atoms with Gasteiger partial charge in [-0.1, -0.05) is 18.2 Å². The van der Waals surface area contributed by atoms with Gasteiger partial charge in [0.1, 0.15) is 5.82 Å².